The van der Waals surface area contributed by atoms with Crippen molar-refractivity contribution < 1.29 is 0 Å². The van der Waals surface area contributed by atoms with Gasteiger partial charge in [0.05, 0.1) is 5.69 Å². The summed E-state index contributed by atoms with van der Waals surface area (Å²) in [6.07, 6.45) is 5.58. The fraction of sp³-hybridized carbons (Fsp3) is 0.462. The van der Waals surface area contributed by atoms with E-state index < -0.39 is 0 Å². The van der Waals surface area contributed by atoms with Crippen molar-refractivity contribution in [1.29, 1.82) is 0 Å². The highest BCUT2D eigenvalue weighted by molar-refractivity contribution is 5.33. The maximum atomic E-state index is 11.8. The van der Waals surface area contributed by atoms with Crippen LogP contribution in [0, 0.1) is 5.41 Å². The minimum absolute atomic E-state index is 0.0688. The quantitative estimate of drug-likeness (QED) is 0.775. The van der Waals surface area contributed by atoms with Crippen molar-refractivity contribution in [1.82, 2.24) is 4.57 Å². The van der Waals surface area contributed by atoms with E-state index in [0.717, 1.165) is 12.8 Å². The Morgan fingerprint density at radius 2 is 2.31 bits per heavy atom. The Morgan fingerprint density at radius 1 is 1.62 bits per heavy atom. The van der Waals surface area contributed by atoms with Crippen molar-refractivity contribution in [3.8, 4) is 0 Å². The van der Waals surface area contributed by atoms with E-state index in [1.165, 1.54) is 0 Å². The molecule has 1 atom stereocenters. The lowest BCUT2D eigenvalue weighted by atomic mass is 9.84. The van der Waals surface area contributed by atoms with E-state index in [0.29, 0.717) is 12.2 Å². The Kier molecular flexibility index (Phi) is 3.93. The molecule has 0 bridgehead atoms. The molecule has 0 radical (unpaired) electrons. The van der Waals surface area contributed by atoms with Gasteiger partial charge in [-0.1, -0.05) is 19.9 Å². The molecule has 0 saturated carbocycles. The predicted octanol–water partition coefficient (Wildman–Crippen LogP) is 2.42. The van der Waals surface area contributed by atoms with Crippen molar-refractivity contribution >= 4 is 5.69 Å². The van der Waals surface area contributed by atoms with Gasteiger partial charge in [0.25, 0.3) is 5.56 Å². The van der Waals surface area contributed by atoms with Crippen LogP contribution in [0.2, 0.25) is 0 Å². The molecule has 16 heavy (non-hydrogen) atoms. The Labute approximate surface area is 96.6 Å². The third-order valence-corrected chi connectivity index (χ3v) is 3.09. The summed E-state index contributed by atoms with van der Waals surface area (Å²) in [6, 6.07) is 3.44. The third kappa shape index (κ3) is 2.75. The van der Waals surface area contributed by atoms with Gasteiger partial charge < -0.3 is 10.3 Å². The first-order chi connectivity index (χ1) is 7.52. The van der Waals surface area contributed by atoms with Crippen LogP contribution in [0.5, 0.6) is 0 Å². The number of nitrogen functional groups attached to an aromatic ring is 1. The molecule has 0 fully saturated rings. The number of anilines is 1. The predicted molar refractivity (Wildman–Crippen MR) is 68.3 cm³/mol. The molecule has 88 valence electrons. The van der Waals surface area contributed by atoms with Gasteiger partial charge in [0, 0.05) is 12.7 Å². The minimum atomic E-state index is -0.105. The Morgan fingerprint density at radius 3 is 2.88 bits per heavy atom. The molecule has 3 nitrogen and oxygen atoms in total. The van der Waals surface area contributed by atoms with Crippen LogP contribution in [0.25, 0.3) is 0 Å². The van der Waals surface area contributed by atoms with Gasteiger partial charge in [0.2, 0.25) is 0 Å². The molecular weight excluding hydrogens is 200 g/mol. The number of hydrogen-bond donors (Lipinski definition) is 1. The van der Waals surface area contributed by atoms with Crippen LogP contribution in [-0.4, -0.2) is 4.57 Å². The Hall–Kier alpha value is -1.51. The Balaban J connectivity index is 2.99. The molecule has 1 rings (SSSR count). The van der Waals surface area contributed by atoms with E-state index in [2.05, 4.69) is 20.4 Å². The summed E-state index contributed by atoms with van der Waals surface area (Å²) in [5, 5.41) is 0. The summed E-state index contributed by atoms with van der Waals surface area (Å²) in [4.78, 5) is 11.8. The molecule has 1 unspecified atom stereocenters. The van der Waals surface area contributed by atoms with Crippen LogP contribution >= 0.6 is 0 Å². The minimum Gasteiger partial charge on any atom is -0.394 e. The Bertz CT molecular complexity index is 422. The van der Waals surface area contributed by atoms with Gasteiger partial charge >= 0.3 is 0 Å². The molecule has 0 spiro atoms. The van der Waals surface area contributed by atoms with Crippen LogP contribution in [0.1, 0.15) is 26.7 Å². The largest absolute Gasteiger partial charge is 0.394 e. The molecule has 2 N–H and O–H groups in total. The normalized spacial score (nSPS) is 14.4. The van der Waals surface area contributed by atoms with Crippen LogP contribution < -0.4 is 11.3 Å². The number of pyridine rings is 1. The zero-order chi connectivity index (χ0) is 12.2. The molecule has 0 aliphatic rings. The second-order valence-electron chi connectivity index (χ2n) is 4.55. The van der Waals surface area contributed by atoms with Crippen molar-refractivity contribution in [3.63, 3.8) is 0 Å². The maximum Gasteiger partial charge on any atom is 0.273 e. The van der Waals surface area contributed by atoms with E-state index >= 15 is 0 Å². The number of hydrogen-bond acceptors (Lipinski definition) is 2. The second kappa shape index (κ2) is 5.01. The van der Waals surface area contributed by atoms with Crippen molar-refractivity contribution in [2.24, 2.45) is 5.41 Å². The number of allylic oxidation sites excluding steroid dienone is 1. The maximum absolute atomic E-state index is 11.8. The van der Waals surface area contributed by atoms with Gasteiger partial charge in [-0.15, -0.1) is 6.58 Å². The summed E-state index contributed by atoms with van der Waals surface area (Å²) in [7, 11) is 0. The molecule has 0 aromatic carbocycles. The summed E-state index contributed by atoms with van der Waals surface area (Å²) < 4.78 is 1.68. The number of aromatic nitrogens is 1. The first-order valence-electron chi connectivity index (χ1n) is 5.58. The lowest BCUT2D eigenvalue weighted by molar-refractivity contribution is 0.260. The smallest absolute Gasteiger partial charge is 0.273 e. The second-order valence-corrected chi connectivity index (χ2v) is 4.55. The van der Waals surface area contributed by atoms with Gasteiger partial charge in [-0.25, -0.2) is 0 Å². The van der Waals surface area contributed by atoms with Crippen molar-refractivity contribution in [2.75, 3.05) is 5.73 Å². The van der Waals surface area contributed by atoms with E-state index in [1.54, 1.807) is 22.9 Å². The zero-order valence-electron chi connectivity index (χ0n) is 10.1. The number of rotatable bonds is 5. The SMILES string of the molecule is C=CCC(C)(CC)Cn1cccc(N)c1=O. The van der Waals surface area contributed by atoms with Crippen LogP contribution in [0.4, 0.5) is 5.69 Å². The highest BCUT2D eigenvalue weighted by atomic mass is 16.1. The highest BCUT2D eigenvalue weighted by Gasteiger charge is 2.21. The molecule has 0 aliphatic heterocycles. The standard InChI is InChI=1S/C13H20N2O/c1-4-8-13(3,5-2)10-15-9-6-7-11(14)12(15)16/h4,6-7,9H,1,5,8,10,14H2,2-3H3. The number of nitrogens with two attached hydrogens (primary N) is 1. The van der Waals surface area contributed by atoms with Gasteiger partial charge in [-0.2, -0.15) is 0 Å². The van der Waals surface area contributed by atoms with Crippen LogP contribution in [0.3, 0.4) is 0 Å². The van der Waals surface area contributed by atoms with E-state index in [9.17, 15) is 4.79 Å². The molecule has 0 aliphatic carbocycles. The summed E-state index contributed by atoms with van der Waals surface area (Å²) in [6.45, 7) is 8.73. The number of nitrogens with zero attached hydrogens (tertiary/aromatic N) is 1. The van der Waals surface area contributed by atoms with Crippen LogP contribution in [-0.2, 0) is 6.54 Å². The first kappa shape index (κ1) is 12.6. The van der Waals surface area contributed by atoms with Crippen molar-refractivity contribution in [2.45, 2.75) is 33.2 Å². The van der Waals surface area contributed by atoms with Gasteiger partial charge in [0.1, 0.15) is 0 Å². The molecule has 1 aromatic rings. The monoisotopic (exact) mass is 220 g/mol. The summed E-state index contributed by atoms with van der Waals surface area (Å²) >= 11 is 0. The van der Waals surface area contributed by atoms with E-state index in [-0.39, 0.29) is 11.0 Å². The molecular formula is C13H20N2O. The topological polar surface area (TPSA) is 48.0 Å². The van der Waals surface area contributed by atoms with Crippen LogP contribution in [0.15, 0.2) is 35.8 Å². The van der Waals surface area contributed by atoms with E-state index in [1.807, 2.05) is 6.08 Å². The fourth-order valence-corrected chi connectivity index (χ4v) is 1.76. The first-order valence-corrected chi connectivity index (χ1v) is 5.58. The summed E-state index contributed by atoms with van der Waals surface area (Å²) in [5.74, 6) is 0. The van der Waals surface area contributed by atoms with E-state index in [4.69, 9.17) is 5.73 Å². The highest BCUT2D eigenvalue weighted by Crippen LogP contribution is 2.27. The molecule has 0 amide bonds. The van der Waals surface area contributed by atoms with Gasteiger partial charge in [-0.3, -0.25) is 4.79 Å². The summed E-state index contributed by atoms with van der Waals surface area (Å²) in [5.41, 5.74) is 5.87. The fourth-order valence-electron chi connectivity index (χ4n) is 1.76. The lowest BCUT2D eigenvalue weighted by Crippen LogP contribution is -2.30. The third-order valence-electron chi connectivity index (χ3n) is 3.09. The lowest BCUT2D eigenvalue weighted by Gasteiger charge is -2.27. The molecule has 0 saturated heterocycles. The van der Waals surface area contributed by atoms with Crippen molar-refractivity contribution in [3.05, 3.63) is 41.3 Å². The average Bonchev–Trinajstić information content (AvgIpc) is 2.25. The van der Waals surface area contributed by atoms with Gasteiger partial charge in [0.15, 0.2) is 0 Å². The molecule has 1 aromatic heterocycles. The molecule has 1 heterocycles. The van der Waals surface area contributed by atoms with Gasteiger partial charge in [-0.05, 0) is 30.4 Å². The zero-order valence-corrected chi connectivity index (χ0v) is 10.1. The average molecular weight is 220 g/mol. The molecule has 3 heteroatoms.